The van der Waals surface area contributed by atoms with Crippen LogP contribution in [0.5, 0.6) is 0 Å². The predicted octanol–water partition coefficient (Wildman–Crippen LogP) is 3.93. The van der Waals surface area contributed by atoms with Crippen molar-refractivity contribution in [2.24, 2.45) is 5.92 Å². The molecule has 0 amide bonds. The molecule has 0 heterocycles. The summed E-state index contributed by atoms with van der Waals surface area (Å²) in [5, 5.41) is 0. The Hall–Kier alpha value is -1.63. The zero-order valence-corrected chi connectivity index (χ0v) is 10.5. The fourth-order valence-electron chi connectivity index (χ4n) is 2.75. The summed E-state index contributed by atoms with van der Waals surface area (Å²) in [7, 11) is 0. The number of carbonyl (C=O) groups excluding carboxylic acids is 1. The van der Waals surface area contributed by atoms with Gasteiger partial charge in [-0.25, -0.2) is 0 Å². The van der Waals surface area contributed by atoms with Gasteiger partial charge in [0, 0.05) is 11.1 Å². The predicted molar refractivity (Wildman–Crippen MR) is 70.0 cm³/mol. The van der Waals surface area contributed by atoms with E-state index in [2.05, 4.69) is 32.1 Å². The molecule has 0 saturated heterocycles. The lowest BCUT2D eigenvalue weighted by Gasteiger charge is -2.19. The minimum absolute atomic E-state index is 0.213. The first-order chi connectivity index (χ1) is 8.08. The number of allylic oxidation sites excluding steroid dienone is 4. The van der Waals surface area contributed by atoms with Crippen LogP contribution < -0.4 is 0 Å². The maximum Gasteiger partial charge on any atom is 0.193 e. The molecule has 1 nitrogen and oxygen atoms in total. The Morgan fingerprint density at radius 1 is 1.18 bits per heavy atom. The van der Waals surface area contributed by atoms with Crippen molar-refractivity contribution in [1.82, 2.24) is 0 Å². The summed E-state index contributed by atoms with van der Waals surface area (Å²) in [6.45, 7) is 6.39. The second-order valence-electron chi connectivity index (χ2n) is 5.26. The molecule has 86 valence electrons. The largest absolute Gasteiger partial charge is 0.289 e. The maximum absolute atomic E-state index is 12.3. The zero-order chi connectivity index (χ0) is 12.2. The van der Waals surface area contributed by atoms with Crippen molar-refractivity contribution in [3.63, 3.8) is 0 Å². The molecule has 3 rings (SSSR count). The standard InChI is InChI=1S/C16H16O/c1-9-4-5-12-13-7-10(2)11(3)8-15(13)16(17)14(12)6-9/h4-6,8,10H,7H2,1-3H3. The average Bonchev–Trinajstić information content (AvgIpc) is 2.54. The van der Waals surface area contributed by atoms with Crippen molar-refractivity contribution in [3.8, 4) is 0 Å². The summed E-state index contributed by atoms with van der Waals surface area (Å²) in [4.78, 5) is 12.3. The topological polar surface area (TPSA) is 17.1 Å². The van der Waals surface area contributed by atoms with Crippen molar-refractivity contribution < 1.29 is 4.79 Å². The van der Waals surface area contributed by atoms with Gasteiger partial charge in [0.05, 0.1) is 0 Å². The van der Waals surface area contributed by atoms with Gasteiger partial charge in [-0.15, -0.1) is 0 Å². The van der Waals surface area contributed by atoms with Crippen LogP contribution in [-0.2, 0) is 0 Å². The van der Waals surface area contributed by atoms with Crippen LogP contribution in [-0.4, -0.2) is 5.78 Å². The normalized spacial score (nSPS) is 22.4. The van der Waals surface area contributed by atoms with Gasteiger partial charge in [0.15, 0.2) is 5.78 Å². The summed E-state index contributed by atoms with van der Waals surface area (Å²) in [6, 6.07) is 6.22. The lowest BCUT2D eigenvalue weighted by molar-refractivity contribution is 0.104. The highest BCUT2D eigenvalue weighted by Crippen LogP contribution is 2.42. The minimum Gasteiger partial charge on any atom is -0.289 e. The van der Waals surface area contributed by atoms with E-state index >= 15 is 0 Å². The Bertz CT molecular complexity index is 588. The third-order valence-corrected chi connectivity index (χ3v) is 3.97. The molecule has 0 saturated carbocycles. The third kappa shape index (κ3) is 1.42. The summed E-state index contributed by atoms with van der Waals surface area (Å²) in [5.74, 6) is 0.763. The van der Waals surface area contributed by atoms with Crippen molar-refractivity contribution in [2.45, 2.75) is 27.2 Å². The molecule has 0 fully saturated rings. The number of rotatable bonds is 0. The van der Waals surface area contributed by atoms with E-state index in [9.17, 15) is 4.79 Å². The Labute approximate surface area is 102 Å². The van der Waals surface area contributed by atoms with E-state index in [0.717, 1.165) is 28.7 Å². The Morgan fingerprint density at radius 3 is 2.71 bits per heavy atom. The highest BCUT2D eigenvalue weighted by molar-refractivity contribution is 6.22. The van der Waals surface area contributed by atoms with Gasteiger partial charge < -0.3 is 0 Å². The highest BCUT2D eigenvalue weighted by Gasteiger charge is 2.31. The van der Waals surface area contributed by atoms with Gasteiger partial charge in [0.25, 0.3) is 0 Å². The fraction of sp³-hybridized carbons (Fsp3) is 0.312. The van der Waals surface area contributed by atoms with E-state index in [1.165, 1.54) is 11.1 Å². The molecule has 17 heavy (non-hydrogen) atoms. The van der Waals surface area contributed by atoms with Crippen LogP contribution in [0.25, 0.3) is 5.57 Å². The number of fused-ring (bicyclic) bond motifs is 2. The van der Waals surface area contributed by atoms with Crippen LogP contribution in [0.2, 0.25) is 0 Å². The summed E-state index contributed by atoms with van der Waals surface area (Å²) in [6.07, 6.45) is 3.08. The highest BCUT2D eigenvalue weighted by atomic mass is 16.1. The van der Waals surface area contributed by atoms with Crippen LogP contribution in [0.4, 0.5) is 0 Å². The average molecular weight is 224 g/mol. The van der Waals surface area contributed by atoms with Crippen LogP contribution in [0.3, 0.4) is 0 Å². The number of carbonyl (C=O) groups is 1. The molecule has 1 heteroatoms. The van der Waals surface area contributed by atoms with Crippen molar-refractivity contribution in [2.75, 3.05) is 0 Å². The number of ketones is 1. The minimum atomic E-state index is 0.213. The number of Topliss-reactive ketones (excluding diaryl/α,β-unsaturated/α-hetero) is 1. The van der Waals surface area contributed by atoms with E-state index in [4.69, 9.17) is 0 Å². The first-order valence-corrected chi connectivity index (χ1v) is 6.15. The van der Waals surface area contributed by atoms with E-state index in [1.807, 2.05) is 13.0 Å². The first-order valence-electron chi connectivity index (χ1n) is 6.15. The van der Waals surface area contributed by atoms with E-state index in [1.54, 1.807) is 0 Å². The second-order valence-corrected chi connectivity index (χ2v) is 5.26. The first kappa shape index (κ1) is 10.5. The van der Waals surface area contributed by atoms with Crippen LogP contribution in [0, 0.1) is 12.8 Å². The smallest absolute Gasteiger partial charge is 0.193 e. The third-order valence-electron chi connectivity index (χ3n) is 3.97. The molecule has 0 aliphatic heterocycles. The SMILES string of the molecule is CC1=CC2=C(CC1C)c1ccc(C)cc1C2=O. The van der Waals surface area contributed by atoms with Gasteiger partial charge in [0.1, 0.15) is 0 Å². The van der Waals surface area contributed by atoms with Gasteiger partial charge in [-0.3, -0.25) is 4.79 Å². The Kier molecular flexibility index (Phi) is 2.12. The monoisotopic (exact) mass is 224 g/mol. The molecular weight excluding hydrogens is 208 g/mol. The molecule has 0 aromatic heterocycles. The van der Waals surface area contributed by atoms with Crippen LogP contribution in [0.15, 0.2) is 35.4 Å². The van der Waals surface area contributed by atoms with Crippen LogP contribution >= 0.6 is 0 Å². The lowest BCUT2D eigenvalue weighted by Crippen LogP contribution is -2.06. The summed E-state index contributed by atoms with van der Waals surface area (Å²) in [5.41, 5.74) is 6.72. The summed E-state index contributed by atoms with van der Waals surface area (Å²) >= 11 is 0. The number of benzene rings is 1. The van der Waals surface area contributed by atoms with E-state index in [0.29, 0.717) is 5.92 Å². The second kappa shape index (κ2) is 3.43. The number of hydrogen-bond acceptors (Lipinski definition) is 1. The number of hydrogen-bond donors (Lipinski definition) is 0. The molecule has 0 radical (unpaired) electrons. The molecule has 0 N–H and O–H groups in total. The molecular formula is C16H16O. The maximum atomic E-state index is 12.3. The molecule has 1 unspecified atom stereocenters. The molecule has 2 aliphatic carbocycles. The molecule has 1 aromatic rings. The Morgan fingerprint density at radius 2 is 1.94 bits per heavy atom. The molecule has 1 atom stereocenters. The molecule has 0 spiro atoms. The van der Waals surface area contributed by atoms with Gasteiger partial charge in [-0.2, -0.15) is 0 Å². The van der Waals surface area contributed by atoms with Gasteiger partial charge in [-0.1, -0.05) is 36.3 Å². The Balaban J connectivity index is 2.20. The molecule has 1 aromatic carbocycles. The van der Waals surface area contributed by atoms with Crippen molar-refractivity contribution >= 4 is 11.4 Å². The molecule has 2 aliphatic rings. The number of aryl methyl sites for hydroxylation is 1. The van der Waals surface area contributed by atoms with Crippen LogP contribution in [0.1, 0.15) is 41.8 Å². The van der Waals surface area contributed by atoms with E-state index < -0.39 is 0 Å². The van der Waals surface area contributed by atoms with Gasteiger partial charge in [0.2, 0.25) is 0 Å². The van der Waals surface area contributed by atoms with Crippen molar-refractivity contribution in [1.29, 1.82) is 0 Å². The van der Waals surface area contributed by atoms with Gasteiger partial charge in [-0.05, 0) is 43.4 Å². The fourth-order valence-corrected chi connectivity index (χ4v) is 2.75. The zero-order valence-electron chi connectivity index (χ0n) is 10.5. The van der Waals surface area contributed by atoms with Crippen molar-refractivity contribution in [3.05, 3.63) is 52.1 Å². The lowest BCUT2D eigenvalue weighted by atomic mass is 9.85. The molecule has 0 bridgehead atoms. The summed E-state index contributed by atoms with van der Waals surface area (Å²) < 4.78 is 0. The quantitative estimate of drug-likeness (QED) is 0.652. The van der Waals surface area contributed by atoms with E-state index in [-0.39, 0.29) is 5.78 Å². The van der Waals surface area contributed by atoms with Gasteiger partial charge >= 0.3 is 0 Å².